The maximum Gasteiger partial charge on any atom is 0.311 e. The molecule has 0 aliphatic carbocycles. The van der Waals surface area contributed by atoms with E-state index in [1.807, 2.05) is 26.0 Å². The van der Waals surface area contributed by atoms with Crippen molar-refractivity contribution in [3.63, 3.8) is 0 Å². The first-order chi connectivity index (χ1) is 14.9. The lowest BCUT2D eigenvalue weighted by molar-refractivity contribution is -0.385. The molecule has 31 heavy (non-hydrogen) atoms. The minimum absolute atomic E-state index is 0.129. The summed E-state index contributed by atoms with van der Waals surface area (Å²) in [4.78, 5) is 24.1. The van der Waals surface area contributed by atoms with Crippen LogP contribution >= 0.6 is 11.3 Å². The number of anilines is 1. The number of aryl methyl sites for hydroxylation is 2. The number of hydrogen-bond acceptors (Lipinski definition) is 8. The van der Waals surface area contributed by atoms with Gasteiger partial charge in [0.15, 0.2) is 11.6 Å². The maximum atomic E-state index is 12.7. The number of nitro groups is 1. The van der Waals surface area contributed by atoms with Gasteiger partial charge in [-0.1, -0.05) is 11.3 Å². The third-order valence-electron chi connectivity index (χ3n) is 4.59. The average molecular weight is 438 g/mol. The molecule has 0 radical (unpaired) electrons. The number of rotatable bonds is 6. The number of nitrogens with one attached hydrogen (secondary N) is 1. The highest BCUT2D eigenvalue weighted by atomic mass is 32.1. The van der Waals surface area contributed by atoms with E-state index in [0.29, 0.717) is 23.1 Å². The molecule has 4 aromatic rings. The van der Waals surface area contributed by atoms with Gasteiger partial charge in [-0.15, -0.1) is 10.2 Å². The van der Waals surface area contributed by atoms with Crippen molar-refractivity contribution in [2.24, 2.45) is 0 Å². The highest BCUT2D eigenvalue weighted by molar-refractivity contribution is 7.19. The second kappa shape index (κ2) is 8.11. The van der Waals surface area contributed by atoms with E-state index in [4.69, 9.17) is 4.74 Å². The monoisotopic (exact) mass is 438 g/mol. The van der Waals surface area contributed by atoms with Crippen LogP contribution in [0, 0.1) is 24.0 Å². The van der Waals surface area contributed by atoms with Crippen molar-refractivity contribution in [1.29, 1.82) is 0 Å². The Labute approximate surface area is 180 Å². The number of hydrogen-bond donors (Lipinski definition) is 1. The van der Waals surface area contributed by atoms with E-state index in [1.165, 1.54) is 29.5 Å². The number of nitro benzene ring substituents is 1. The minimum atomic E-state index is -0.566. The van der Waals surface area contributed by atoms with E-state index >= 15 is 0 Å². The molecule has 10 nitrogen and oxygen atoms in total. The number of nitrogens with zero attached hydrogens (tertiary/aromatic N) is 5. The van der Waals surface area contributed by atoms with Crippen LogP contribution < -0.4 is 10.1 Å². The summed E-state index contributed by atoms with van der Waals surface area (Å²) < 4.78 is 6.94. The smallest absolute Gasteiger partial charge is 0.311 e. The van der Waals surface area contributed by atoms with E-state index in [9.17, 15) is 14.9 Å². The van der Waals surface area contributed by atoms with Gasteiger partial charge < -0.3 is 10.1 Å². The Morgan fingerprint density at radius 3 is 2.71 bits per heavy atom. The topological polar surface area (TPSA) is 125 Å². The third kappa shape index (κ3) is 3.94. The highest BCUT2D eigenvalue weighted by Gasteiger charge is 2.19. The zero-order valence-corrected chi connectivity index (χ0v) is 17.8. The Morgan fingerprint density at radius 2 is 2.03 bits per heavy atom. The molecule has 0 saturated carbocycles. The molecule has 0 unspecified atom stereocenters. The fourth-order valence-corrected chi connectivity index (χ4v) is 3.92. The first-order valence-corrected chi connectivity index (χ1v) is 10.2. The van der Waals surface area contributed by atoms with Gasteiger partial charge in [0, 0.05) is 22.9 Å². The summed E-state index contributed by atoms with van der Waals surface area (Å²) in [6.07, 6.45) is 0. The van der Waals surface area contributed by atoms with Gasteiger partial charge in [0.2, 0.25) is 4.96 Å². The maximum absolute atomic E-state index is 12.7. The molecule has 0 bridgehead atoms. The fourth-order valence-electron chi connectivity index (χ4n) is 3.04. The normalized spacial score (nSPS) is 10.9. The summed E-state index contributed by atoms with van der Waals surface area (Å²) in [6.45, 7) is 5.72. The lowest BCUT2D eigenvalue weighted by Crippen LogP contribution is -2.13. The summed E-state index contributed by atoms with van der Waals surface area (Å²) in [5, 5.41) is 27.5. The van der Waals surface area contributed by atoms with Crippen LogP contribution in [0.2, 0.25) is 0 Å². The van der Waals surface area contributed by atoms with Crippen LogP contribution in [0.1, 0.15) is 28.7 Å². The molecule has 2 aromatic heterocycles. The SMILES string of the molecule is CCOc1ccc(C(=O)Nc2ccc(-c3nn4c(C)nnc4s3)cc2C)cc1[N+](=O)[O-]. The molecule has 0 saturated heterocycles. The van der Waals surface area contributed by atoms with E-state index in [0.717, 1.165) is 16.1 Å². The second-order valence-corrected chi connectivity index (χ2v) is 7.66. The molecule has 1 amide bonds. The molecule has 11 heteroatoms. The van der Waals surface area contributed by atoms with Crippen molar-refractivity contribution < 1.29 is 14.5 Å². The summed E-state index contributed by atoms with van der Waals surface area (Å²) in [5.74, 6) is 0.392. The van der Waals surface area contributed by atoms with Crippen LogP contribution in [0.5, 0.6) is 5.75 Å². The molecule has 4 rings (SSSR count). The molecular weight excluding hydrogens is 420 g/mol. The van der Waals surface area contributed by atoms with Crippen molar-refractivity contribution in [2.45, 2.75) is 20.8 Å². The Kier molecular flexibility index (Phi) is 5.34. The standard InChI is InChI=1S/C20H18N6O4S/c1-4-30-17-8-6-13(10-16(17)26(28)29)18(27)21-15-7-5-14(9-11(15)2)19-24-25-12(3)22-23-20(25)31-19/h5-10H,4H2,1-3H3,(H,21,27). The second-order valence-electron chi connectivity index (χ2n) is 6.71. The van der Waals surface area contributed by atoms with Crippen molar-refractivity contribution in [2.75, 3.05) is 11.9 Å². The number of amides is 1. The van der Waals surface area contributed by atoms with Gasteiger partial charge in [0.05, 0.1) is 11.5 Å². The fraction of sp³-hybridized carbons (Fsp3) is 0.200. The van der Waals surface area contributed by atoms with Crippen molar-refractivity contribution >= 4 is 33.6 Å². The van der Waals surface area contributed by atoms with E-state index in [2.05, 4.69) is 20.6 Å². The molecule has 158 valence electrons. The van der Waals surface area contributed by atoms with Crippen LogP contribution in [0.4, 0.5) is 11.4 Å². The molecule has 1 N–H and O–H groups in total. The summed E-state index contributed by atoms with van der Waals surface area (Å²) >= 11 is 1.42. The number of fused-ring (bicyclic) bond motifs is 1. The summed E-state index contributed by atoms with van der Waals surface area (Å²) in [7, 11) is 0. The molecule has 0 atom stereocenters. The third-order valence-corrected chi connectivity index (χ3v) is 5.53. The zero-order valence-electron chi connectivity index (χ0n) is 16.9. The Hall–Kier alpha value is -3.86. The highest BCUT2D eigenvalue weighted by Crippen LogP contribution is 2.30. The minimum Gasteiger partial charge on any atom is -0.487 e. The number of aromatic nitrogens is 4. The predicted molar refractivity (Wildman–Crippen MR) is 116 cm³/mol. The van der Waals surface area contributed by atoms with E-state index < -0.39 is 10.8 Å². The van der Waals surface area contributed by atoms with Gasteiger partial charge in [-0.25, -0.2) is 0 Å². The van der Waals surface area contributed by atoms with Crippen molar-refractivity contribution in [3.8, 4) is 16.3 Å². The molecule has 0 aliphatic rings. The van der Waals surface area contributed by atoms with Gasteiger partial charge >= 0.3 is 5.69 Å². The lowest BCUT2D eigenvalue weighted by Gasteiger charge is -2.10. The Bertz CT molecular complexity index is 1310. The van der Waals surface area contributed by atoms with E-state index in [1.54, 1.807) is 17.5 Å². The molecular formula is C20H18N6O4S. The zero-order chi connectivity index (χ0) is 22.1. The molecule has 0 spiro atoms. The van der Waals surface area contributed by atoms with Crippen LogP contribution in [0.25, 0.3) is 15.5 Å². The number of carbonyl (C=O) groups is 1. The first-order valence-electron chi connectivity index (χ1n) is 9.40. The van der Waals surface area contributed by atoms with Gasteiger partial charge in [-0.2, -0.15) is 9.61 Å². The molecule has 0 fully saturated rings. The van der Waals surface area contributed by atoms with Crippen LogP contribution in [0.15, 0.2) is 36.4 Å². The van der Waals surface area contributed by atoms with Crippen LogP contribution in [0.3, 0.4) is 0 Å². The number of benzene rings is 2. The number of ether oxygens (including phenoxy) is 1. The average Bonchev–Trinajstić information content (AvgIpc) is 3.32. The van der Waals surface area contributed by atoms with Crippen molar-refractivity contribution in [1.82, 2.24) is 19.8 Å². The van der Waals surface area contributed by atoms with Gasteiger partial charge in [0.25, 0.3) is 5.91 Å². The first kappa shape index (κ1) is 20.4. The van der Waals surface area contributed by atoms with Crippen molar-refractivity contribution in [3.05, 3.63) is 63.5 Å². The van der Waals surface area contributed by atoms with Gasteiger partial charge in [-0.05, 0) is 56.7 Å². The Morgan fingerprint density at radius 1 is 1.23 bits per heavy atom. The van der Waals surface area contributed by atoms with Crippen LogP contribution in [-0.4, -0.2) is 37.2 Å². The molecule has 2 aromatic carbocycles. The summed E-state index contributed by atoms with van der Waals surface area (Å²) in [5.41, 5.74) is 2.24. The number of carbonyl (C=O) groups excluding carboxylic acids is 1. The van der Waals surface area contributed by atoms with Crippen LogP contribution in [-0.2, 0) is 0 Å². The van der Waals surface area contributed by atoms with Gasteiger partial charge in [0.1, 0.15) is 5.01 Å². The predicted octanol–water partition coefficient (Wildman–Crippen LogP) is 4.03. The largest absolute Gasteiger partial charge is 0.487 e. The van der Waals surface area contributed by atoms with E-state index in [-0.39, 0.29) is 17.0 Å². The quantitative estimate of drug-likeness (QED) is 0.356. The Balaban J connectivity index is 1.57. The van der Waals surface area contributed by atoms with Gasteiger partial charge in [-0.3, -0.25) is 14.9 Å². The lowest BCUT2D eigenvalue weighted by atomic mass is 10.1. The summed E-state index contributed by atoms with van der Waals surface area (Å²) in [6, 6.07) is 9.69. The molecule has 2 heterocycles. The molecule has 0 aliphatic heterocycles.